The number of aromatic nitrogens is 2. The van der Waals surface area contributed by atoms with Crippen LogP contribution < -0.4 is 0 Å². The monoisotopic (exact) mass is 297 g/mol. The predicted molar refractivity (Wildman–Crippen MR) is 73.7 cm³/mol. The number of aromatic amines is 1. The van der Waals surface area contributed by atoms with Gasteiger partial charge in [-0.25, -0.2) is 18.6 Å². The molecule has 2 aromatic rings. The molecule has 1 N–H and O–H groups in total. The highest BCUT2D eigenvalue weighted by molar-refractivity contribution is 5.75. The Labute approximate surface area is 120 Å². The zero-order chi connectivity index (χ0) is 15.8. The molecule has 0 saturated heterocycles. The standard InChI is InChI=1S/C14H17F2N3O2/c1-14(2,3)21-13(20)19(4)7-12-17-10-5-8(15)9(16)6-11(10)18-12/h5-6H,7H2,1-4H3,(H,17,18). The second kappa shape index (κ2) is 5.31. The van der Waals surface area contributed by atoms with Gasteiger partial charge < -0.3 is 14.6 Å². The van der Waals surface area contributed by atoms with Crippen LogP contribution in [0.5, 0.6) is 0 Å². The van der Waals surface area contributed by atoms with Crippen molar-refractivity contribution in [3.63, 3.8) is 0 Å². The van der Waals surface area contributed by atoms with E-state index in [-0.39, 0.29) is 6.54 Å². The number of nitrogens with one attached hydrogen (secondary N) is 1. The minimum Gasteiger partial charge on any atom is -0.444 e. The number of H-pyrrole nitrogens is 1. The average Bonchev–Trinajstić information content (AvgIpc) is 2.68. The molecular formula is C14H17F2N3O2. The Morgan fingerprint density at radius 2 is 1.95 bits per heavy atom. The van der Waals surface area contributed by atoms with Gasteiger partial charge in [-0.2, -0.15) is 0 Å². The maximum atomic E-state index is 13.1. The van der Waals surface area contributed by atoms with Crippen LogP contribution in [0.25, 0.3) is 11.0 Å². The number of ether oxygens (including phenoxy) is 1. The first-order chi connectivity index (χ1) is 9.65. The third-order valence-electron chi connectivity index (χ3n) is 2.67. The van der Waals surface area contributed by atoms with E-state index in [1.807, 2.05) is 0 Å². The summed E-state index contributed by atoms with van der Waals surface area (Å²) in [6, 6.07) is 2.05. The van der Waals surface area contributed by atoms with Crippen molar-refractivity contribution in [1.29, 1.82) is 0 Å². The second-order valence-corrected chi connectivity index (χ2v) is 5.80. The number of fused-ring (bicyclic) bond motifs is 1. The average molecular weight is 297 g/mol. The fraction of sp³-hybridized carbons (Fsp3) is 0.429. The Morgan fingerprint density at radius 1 is 1.33 bits per heavy atom. The molecule has 1 aromatic heterocycles. The summed E-state index contributed by atoms with van der Waals surface area (Å²) < 4.78 is 31.5. The van der Waals surface area contributed by atoms with Gasteiger partial charge in [-0.05, 0) is 20.8 Å². The SMILES string of the molecule is CN(Cc1nc2cc(F)c(F)cc2[nH]1)C(=O)OC(C)(C)C. The van der Waals surface area contributed by atoms with E-state index in [2.05, 4.69) is 9.97 Å². The number of amides is 1. The molecule has 0 saturated carbocycles. The molecule has 0 aliphatic heterocycles. The van der Waals surface area contributed by atoms with Crippen LogP contribution in [-0.2, 0) is 11.3 Å². The van der Waals surface area contributed by atoms with Crippen LogP contribution in [0.2, 0.25) is 0 Å². The summed E-state index contributed by atoms with van der Waals surface area (Å²) in [7, 11) is 1.56. The summed E-state index contributed by atoms with van der Waals surface area (Å²) in [5.41, 5.74) is 0.0915. The third kappa shape index (κ3) is 3.68. The lowest BCUT2D eigenvalue weighted by molar-refractivity contribution is 0.0281. The van der Waals surface area contributed by atoms with E-state index in [0.717, 1.165) is 12.1 Å². The lowest BCUT2D eigenvalue weighted by Gasteiger charge is -2.24. The molecule has 1 aromatic carbocycles. The maximum absolute atomic E-state index is 13.1. The molecule has 7 heteroatoms. The van der Waals surface area contributed by atoms with Crippen LogP contribution in [-0.4, -0.2) is 33.6 Å². The molecule has 1 amide bonds. The molecule has 0 fully saturated rings. The number of rotatable bonds is 2. The Hall–Kier alpha value is -2.18. The molecule has 0 radical (unpaired) electrons. The van der Waals surface area contributed by atoms with E-state index in [1.54, 1.807) is 27.8 Å². The quantitative estimate of drug-likeness (QED) is 0.926. The van der Waals surface area contributed by atoms with Gasteiger partial charge in [-0.3, -0.25) is 0 Å². The smallest absolute Gasteiger partial charge is 0.410 e. The van der Waals surface area contributed by atoms with Crippen LogP contribution in [0.1, 0.15) is 26.6 Å². The summed E-state index contributed by atoms with van der Waals surface area (Å²) in [5.74, 6) is -1.48. The number of nitrogens with zero attached hydrogens (tertiary/aromatic N) is 2. The molecule has 114 valence electrons. The largest absolute Gasteiger partial charge is 0.444 e. The highest BCUT2D eigenvalue weighted by atomic mass is 19.2. The Bertz CT molecular complexity index is 638. The second-order valence-electron chi connectivity index (χ2n) is 5.80. The van der Waals surface area contributed by atoms with Gasteiger partial charge in [-0.1, -0.05) is 0 Å². The minimum atomic E-state index is -0.957. The van der Waals surface area contributed by atoms with E-state index in [0.29, 0.717) is 16.9 Å². The summed E-state index contributed by atoms with van der Waals surface area (Å²) in [6.45, 7) is 5.45. The summed E-state index contributed by atoms with van der Waals surface area (Å²) in [6.07, 6.45) is -0.500. The van der Waals surface area contributed by atoms with Crippen molar-refractivity contribution in [2.45, 2.75) is 32.9 Å². The number of imidazole rings is 1. The van der Waals surface area contributed by atoms with Gasteiger partial charge in [0, 0.05) is 19.2 Å². The Kier molecular flexibility index (Phi) is 3.85. The summed E-state index contributed by atoms with van der Waals surface area (Å²) in [4.78, 5) is 20.1. The Morgan fingerprint density at radius 3 is 2.57 bits per heavy atom. The van der Waals surface area contributed by atoms with Gasteiger partial charge >= 0.3 is 6.09 Å². The first-order valence-corrected chi connectivity index (χ1v) is 6.43. The highest BCUT2D eigenvalue weighted by Gasteiger charge is 2.20. The van der Waals surface area contributed by atoms with Gasteiger partial charge in [0.15, 0.2) is 11.6 Å². The molecular weight excluding hydrogens is 280 g/mol. The molecule has 21 heavy (non-hydrogen) atoms. The van der Waals surface area contributed by atoms with Crippen molar-refractivity contribution >= 4 is 17.1 Å². The maximum Gasteiger partial charge on any atom is 0.410 e. The molecule has 0 atom stereocenters. The zero-order valence-corrected chi connectivity index (χ0v) is 12.3. The number of halogens is 2. The number of benzene rings is 1. The summed E-state index contributed by atoms with van der Waals surface area (Å²) >= 11 is 0. The number of carbonyl (C=O) groups is 1. The fourth-order valence-electron chi connectivity index (χ4n) is 1.76. The topological polar surface area (TPSA) is 58.2 Å². The van der Waals surface area contributed by atoms with Crippen LogP contribution in [0.3, 0.4) is 0 Å². The van der Waals surface area contributed by atoms with E-state index < -0.39 is 23.3 Å². The first-order valence-electron chi connectivity index (χ1n) is 6.43. The van der Waals surface area contributed by atoms with Crippen LogP contribution in [0.4, 0.5) is 13.6 Å². The zero-order valence-electron chi connectivity index (χ0n) is 12.3. The minimum absolute atomic E-state index is 0.146. The molecule has 1 heterocycles. The van der Waals surface area contributed by atoms with E-state index in [9.17, 15) is 13.6 Å². The first kappa shape index (κ1) is 15.2. The summed E-state index contributed by atoms with van der Waals surface area (Å²) in [5, 5.41) is 0. The van der Waals surface area contributed by atoms with Crippen LogP contribution in [0, 0.1) is 11.6 Å². The van der Waals surface area contributed by atoms with Gasteiger partial charge in [0.25, 0.3) is 0 Å². The van der Waals surface area contributed by atoms with E-state index in [1.165, 1.54) is 4.90 Å². The predicted octanol–water partition coefficient (Wildman–Crippen LogP) is 3.21. The van der Waals surface area contributed by atoms with Gasteiger partial charge in [0.1, 0.15) is 11.4 Å². The molecule has 0 bridgehead atoms. The molecule has 0 spiro atoms. The third-order valence-corrected chi connectivity index (χ3v) is 2.67. The van der Waals surface area contributed by atoms with Crippen molar-refractivity contribution < 1.29 is 18.3 Å². The van der Waals surface area contributed by atoms with Crippen molar-refractivity contribution in [3.05, 3.63) is 29.6 Å². The lowest BCUT2D eigenvalue weighted by Crippen LogP contribution is -2.34. The van der Waals surface area contributed by atoms with Gasteiger partial charge in [0.05, 0.1) is 17.6 Å². The lowest BCUT2D eigenvalue weighted by atomic mass is 10.2. The van der Waals surface area contributed by atoms with Gasteiger partial charge in [0.2, 0.25) is 0 Å². The highest BCUT2D eigenvalue weighted by Crippen LogP contribution is 2.17. The van der Waals surface area contributed by atoms with E-state index in [4.69, 9.17) is 4.74 Å². The molecule has 0 aliphatic carbocycles. The Balaban J connectivity index is 2.14. The van der Waals surface area contributed by atoms with Crippen molar-refractivity contribution in [3.8, 4) is 0 Å². The van der Waals surface area contributed by atoms with Crippen LogP contribution >= 0.6 is 0 Å². The normalized spacial score (nSPS) is 11.7. The molecule has 0 unspecified atom stereocenters. The number of carbonyl (C=O) groups excluding carboxylic acids is 1. The van der Waals surface area contributed by atoms with Crippen molar-refractivity contribution in [1.82, 2.24) is 14.9 Å². The van der Waals surface area contributed by atoms with E-state index >= 15 is 0 Å². The fourth-order valence-corrected chi connectivity index (χ4v) is 1.76. The van der Waals surface area contributed by atoms with Crippen LogP contribution in [0.15, 0.2) is 12.1 Å². The van der Waals surface area contributed by atoms with Gasteiger partial charge in [-0.15, -0.1) is 0 Å². The molecule has 0 aliphatic rings. The molecule has 5 nitrogen and oxygen atoms in total. The van der Waals surface area contributed by atoms with Crippen molar-refractivity contribution in [2.24, 2.45) is 0 Å². The van der Waals surface area contributed by atoms with Crippen molar-refractivity contribution in [2.75, 3.05) is 7.05 Å². The molecule has 2 rings (SSSR count). The number of hydrogen-bond donors (Lipinski definition) is 1. The number of hydrogen-bond acceptors (Lipinski definition) is 3.